The number of carbonyl (C=O) groups excluding carboxylic acids is 1. The van der Waals surface area contributed by atoms with E-state index in [4.69, 9.17) is 5.21 Å². The fourth-order valence-electron chi connectivity index (χ4n) is 5.31. The molecule has 5 rings (SSSR count). The third-order valence-corrected chi connectivity index (χ3v) is 9.25. The number of sulfonamides is 1. The maximum Gasteiger partial charge on any atom is 0.335 e. The van der Waals surface area contributed by atoms with Gasteiger partial charge in [-0.15, -0.1) is 0 Å². The Bertz CT molecular complexity index is 1720. The molecular formula is C30H29N3O6S. The molecule has 0 saturated heterocycles. The molecule has 0 fully saturated rings. The predicted octanol–water partition coefficient (Wildman–Crippen LogP) is 4.61. The zero-order valence-electron chi connectivity index (χ0n) is 21.8. The summed E-state index contributed by atoms with van der Waals surface area (Å²) in [5.74, 6) is -1.77. The highest BCUT2D eigenvalue weighted by molar-refractivity contribution is 7.89. The van der Waals surface area contributed by atoms with Crippen molar-refractivity contribution in [2.75, 3.05) is 6.54 Å². The van der Waals surface area contributed by atoms with Gasteiger partial charge in [0.1, 0.15) is 0 Å². The van der Waals surface area contributed by atoms with Crippen molar-refractivity contribution in [2.45, 2.75) is 37.1 Å². The van der Waals surface area contributed by atoms with Crippen LogP contribution in [0.3, 0.4) is 0 Å². The van der Waals surface area contributed by atoms with Crippen LogP contribution in [0.2, 0.25) is 0 Å². The molecule has 4 aromatic rings. The van der Waals surface area contributed by atoms with E-state index in [-0.39, 0.29) is 17.0 Å². The van der Waals surface area contributed by atoms with E-state index < -0.39 is 27.9 Å². The standard InChI is InChI=1S/C30H29N3O6S/c1-19-2-10-25-23(18-31-27(25)16-19)14-15-33(40(38,39)24-8-5-21(6-9-24)30(35)36)28-12-7-22-17-20(3-11-26(22)28)4-13-29(34)32-37/h2-6,8-11,13,16-18,28,31,37H,7,12,14-15H2,1H3,(H,32,34)(H,35,36)/b13-4+. The molecule has 4 N–H and O–H groups in total. The van der Waals surface area contributed by atoms with E-state index in [1.807, 2.05) is 43.5 Å². The number of nitrogens with one attached hydrogen (secondary N) is 2. The number of aromatic carboxylic acids is 1. The maximum atomic E-state index is 14.0. The van der Waals surface area contributed by atoms with Gasteiger partial charge in [0.05, 0.1) is 16.5 Å². The van der Waals surface area contributed by atoms with E-state index in [0.717, 1.165) is 38.7 Å². The average Bonchev–Trinajstić information content (AvgIpc) is 3.55. The number of amides is 1. The van der Waals surface area contributed by atoms with Crippen LogP contribution < -0.4 is 5.48 Å². The molecule has 1 heterocycles. The molecule has 0 saturated carbocycles. The summed E-state index contributed by atoms with van der Waals surface area (Å²) in [6, 6.07) is 16.6. The number of hydroxylamine groups is 1. The summed E-state index contributed by atoms with van der Waals surface area (Å²) in [5, 5.41) is 19.0. The maximum absolute atomic E-state index is 14.0. The second-order valence-corrected chi connectivity index (χ2v) is 11.8. The molecule has 0 spiro atoms. The van der Waals surface area contributed by atoms with E-state index >= 15 is 0 Å². The second kappa shape index (κ2) is 11.1. The van der Waals surface area contributed by atoms with Gasteiger partial charge in [0.2, 0.25) is 10.0 Å². The van der Waals surface area contributed by atoms with Gasteiger partial charge in [0.15, 0.2) is 0 Å². The normalized spacial score (nSPS) is 15.1. The number of carboxylic acids is 1. The fourth-order valence-corrected chi connectivity index (χ4v) is 6.95. The number of carbonyl (C=O) groups is 2. The lowest BCUT2D eigenvalue weighted by Crippen LogP contribution is -2.35. The van der Waals surface area contributed by atoms with Gasteiger partial charge in [-0.2, -0.15) is 4.31 Å². The minimum absolute atomic E-state index is 0.0151. The fraction of sp³-hybridized carbons (Fsp3) is 0.200. The van der Waals surface area contributed by atoms with E-state index in [1.165, 1.54) is 34.6 Å². The molecule has 1 atom stereocenters. The van der Waals surface area contributed by atoms with Crippen LogP contribution in [0.5, 0.6) is 0 Å². The Balaban J connectivity index is 1.49. The van der Waals surface area contributed by atoms with E-state index in [9.17, 15) is 23.1 Å². The molecule has 206 valence electrons. The van der Waals surface area contributed by atoms with Gasteiger partial charge in [0.25, 0.3) is 5.91 Å². The topological polar surface area (TPSA) is 140 Å². The number of nitrogens with zero attached hydrogens (tertiary/aromatic N) is 1. The van der Waals surface area contributed by atoms with Gasteiger partial charge < -0.3 is 10.1 Å². The molecule has 0 aliphatic heterocycles. The minimum atomic E-state index is -3.98. The van der Waals surface area contributed by atoms with Crippen LogP contribution in [-0.4, -0.2) is 46.4 Å². The molecule has 3 aromatic carbocycles. The number of rotatable bonds is 9. The molecule has 9 nitrogen and oxygen atoms in total. The lowest BCUT2D eigenvalue weighted by molar-refractivity contribution is -0.124. The van der Waals surface area contributed by atoms with Crippen LogP contribution in [0.25, 0.3) is 17.0 Å². The van der Waals surface area contributed by atoms with Crippen LogP contribution in [-0.2, 0) is 27.7 Å². The number of hydrogen-bond donors (Lipinski definition) is 4. The van der Waals surface area contributed by atoms with Gasteiger partial charge in [-0.1, -0.05) is 30.3 Å². The van der Waals surface area contributed by atoms with Crippen molar-refractivity contribution in [1.82, 2.24) is 14.8 Å². The summed E-state index contributed by atoms with van der Waals surface area (Å²) in [5.41, 5.74) is 7.35. The van der Waals surface area contributed by atoms with Gasteiger partial charge in [-0.3, -0.25) is 10.0 Å². The minimum Gasteiger partial charge on any atom is -0.478 e. The van der Waals surface area contributed by atoms with Crippen LogP contribution >= 0.6 is 0 Å². The first-order valence-electron chi connectivity index (χ1n) is 12.8. The van der Waals surface area contributed by atoms with Gasteiger partial charge >= 0.3 is 5.97 Å². The third-order valence-electron chi connectivity index (χ3n) is 7.33. The molecule has 1 unspecified atom stereocenters. The Hall–Kier alpha value is -4.25. The lowest BCUT2D eigenvalue weighted by atomic mass is 10.0. The first-order valence-corrected chi connectivity index (χ1v) is 14.3. The molecule has 1 aliphatic carbocycles. The summed E-state index contributed by atoms with van der Waals surface area (Å²) in [4.78, 5) is 26.0. The predicted molar refractivity (Wildman–Crippen MR) is 150 cm³/mol. The molecule has 0 radical (unpaired) electrons. The number of fused-ring (bicyclic) bond motifs is 2. The van der Waals surface area contributed by atoms with E-state index in [0.29, 0.717) is 19.3 Å². The van der Waals surface area contributed by atoms with Gasteiger partial charge in [-0.25, -0.2) is 18.7 Å². The Morgan fingerprint density at radius 1 is 1.10 bits per heavy atom. The van der Waals surface area contributed by atoms with Gasteiger partial charge in [-0.05, 0) is 90.4 Å². The highest BCUT2D eigenvalue weighted by Crippen LogP contribution is 2.39. The molecule has 1 aromatic heterocycles. The number of H-pyrrole nitrogens is 1. The van der Waals surface area contributed by atoms with E-state index in [2.05, 4.69) is 11.1 Å². The number of hydrogen-bond acceptors (Lipinski definition) is 5. The summed E-state index contributed by atoms with van der Waals surface area (Å²) in [7, 11) is -3.98. The van der Waals surface area contributed by atoms with Crippen LogP contribution in [0.1, 0.15) is 50.6 Å². The zero-order valence-corrected chi connectivity index (χ0v) is 22.6. The number of aryl methyl sites for hydroxylation is 2. The van der Waals surface area contributed by atoms with Crippen molar-refractivity contribution in [3.8, 4) is 0 Å². The average molecular weight is 560 g/mol. The van der Waals surface area contributed by atoms with Crippen molar-refractivity contribution >= 4 is 38.9 Å². The summed E-state index contributed by atoms with van der Waals surface area (Å²) in [6.07, 6.45) is 6.44. The summed E-state index contributed by atoms with van der Waals surface area (Å²) >= 11 is 0. The SMILES string of the molecule is Cc1ccc2c(CCN(C3CCc4cc(/C=C/C(=O)NO)ccc43)S(=O)(=O)c3ccc(C(=O)O)cc3)c[nH]c2c1. The van der Waals surface area contributed by atoms with Gasteiger partial charge in [0, 0.05) is 29.7 Å². The Morgan fingerprint density at radius 3 is 2.60 bits per heavy atom. The smallest absolute Gasteiger partial charge is 0.335 e. The van der Waals surface area contributed by atoms with Crippen molar-refractivity contribution in [3.05, 3.63) is 106 Å². The summed E-state index contributed by atoms with van der Waals surface area (Å²) in [6.45, 7) is 2.25. The van der Waals surface area contributed by atoms with Crippen LogP contribution in [0.4, 0.5) is 0 Å². The first-order chi connectivity index (χ1) is 19.2. The Morgan fingerprint density at radius 2 is 1.88 bits per heavy atom. The quantitative estimate of drug-likeness (QED) is 0.134. The molecule has 10 heteroatoms. The van der Waals surface area contributed by atoms with Crippen molar-refractivity contribution in [3.63, 3.8) is 0 Å². The molecule has 1 aliphatic rings. The Kier molecular flexibility index (Phi) is 7.57. The zero-order chi connectivity index (χ0) is 28.4. The number of aromatic amines is 1. The number of aromatic nitrogens is 1. The van der Waals surface area contributed by atoms with Crippen LogP contribution in [0.15, 0.2) is 77.8 Å². The molecule has 40 heavy (non-hydrogen) atoms. The Labute approximate surface area is 231 Å². The number of benzene rings is 3. The van der Waals surface area contributed by atoms with E-state index in [1.54, 1.807) is 11.6 Å². The molecular weight excluding hydrogens is 530 g/mol. The molecule has 1 amide bonds. The largest absolute Gasteiger partial charge is 0.478 e. The lowest BCUT2D eigenvalue weighted by Gasteiger charge is -2.29. The summed E-state index contributed by atoms with van der Waals surface area (Å²) < 4.78 is 29.6. The highest BCUT2D eigenvalue weighted by atomic mass is 32.2. The highest BCUT2D eigenvalue weighted by Gasteiger charge is 2.36. The van der Waals surface area contributed by atoms with Crippen molar-refractivity contribution in [1.29, 1.82) is 0 Å². The third kappa shape index (κ3) is 5.42. The monoisotopic (exact) mass is 559 g/mol. The first kappa shape index (κ1) is 27.3. The number of carboxylic acid groups (broad SMARTS) is 1. The van der Waals surface area contributed by atoms with Crippen molar-refractivity contribution < 1.29 is 28.3 Å². The van der Waals surface area contributed by atoms with Crippen molar-refractivity contribution in [2.24, 2.45) is 0 Å². The van der Waals surface area contributed by atoms with Crippen LogP contribution in [0, 0.1) is 6.92 Å². The molecule has 0 bridgehead atoms. The second-order valence-electron chi connectivity index (χ2n) is 9.88.